The number of nitrogens with zero attached hydrogens (tertiary/aromatic N) is 2. The predicted molar refractivity (Wildman–Crippen MR) is 86.8 cm³/mol. The van der Waals surface area contributed by atoms with Gasteiger partial charge in [-0.2, -0.15) is 0 Å². The van der Waals surface area contributed by atoms with Crippen molar-refractivity contribution < 1.29 is 14.1 Å². The average Bonchev–Trinajstić information content (AvgIpc) is 2.49. The first-order valence-corrected chi connectivity index (χ1v) is 6.89. The molecule has 0 saturated heterocycles. The van der Waals surface area contributed by atoms with Crippen LogP contribution in [0.25, 0.3) is 0 Å². The molecule has 1 amide bonds. The van der Waals surface area contributed by atoms with Crippen LogP contribution in [0.3, 0.4) is 0 Å². The van der Waals surface area contributed by atoms with Gasteiger partial charge in [-0.15, -0.1) is 0 Å². The summed E-state index contributed by atoms with van der Waals surface area (Å²) in [6.07, 6.45) is 0. The summed E-state index contributed by atoms with van der Waals surface area (Å²) < 4.78 is 13.0. The number of hydrogen-bond acceptors (Lipinski definition) is 4. The molecule has 0 unspecified atom stereocenters. The van der Waals surface area contributed by atoms with Crippen LogP contribution in [0.15, 0.2) is 36.4 Å². The summed E-state index contributed by atoms with van der Waals surface area (Å²) in [7, 11) is 3.42. The largest absolute Gasteiger partial charge is 0.377 e. The second kappa shape index (κ2) is 6.62. The molecule has 0 aliphatic carbocycles. The lowest BCUT2D eigenvalue weighted by Gasteiger charge is -2.17. The van der Waals surface area contributed by atoms with E-state index < -0.39 is 16.6 Å². The maximum Gasteiger partial charge on any atom is 0.270 e. The van der Waals surface area contributed by atoms with E-state index >= 15 is 0 Å². The van der Waals surface area contributed by atoms with Crippen LogP contribution in [0.2, 0.25) is 5.02 Å². The van der Waals surface area contributed by atoms with Gasteiger partial charge in [0.25, 0.3) is 11.6 Å². The quantitative estimate of drug-likeness (QED) is 0.681. The molecule has 2 aromatic rings. The Hall–Kier alpha value is -2.67. The molecule has 0 heterocycles. The molecule has 0 spiro atoms. The number of carbonyl (C=O) groups is 1. The number of hydrogen-bond donors (Lipinski definition) is 1. The summed E-state index contributed by atoms with van der Waals surface area (Å²) in [5, 5.41) is 13.5. The first-order valence-electron chi connectivity index (χ1n) is 6.51. The maximum atomic E-state index is 13.0. The maximum absolute atomic E-state index is 13.0. The molecular formula is C15H13ClFN3O3. The second-order valence-corrected chi connectivity index (χ2v) is 5.34. The Labute approximate surface area is 136 Å². The van der Waals surface area contributed by atoms with Gasteiger partial charge in [-0.25, -0.2) is 4.39 Å². The van der Waals surface area contributed by atoms with Gasteiger partial charge in [-0.05, 0) is 24.3 Å². The summed E-state index contributed by atoms with van der Waals surface area (Å²) in [5.41, 5.74) is 0.635. The van der Waals surface area contributed by atoms with Crippen molar-refractivity contribution in [2.75, 3.05) is 24.3 Å². The van der Waals surface area contributed by atoms with Gasteiger partial charge in [0.15, 0.2) is 0 Å². The fourth-order valence-corrected chi connectivity index (χ4v) is 2.20. The highest BCUT2D eigenvalue weighted by Crippen LogP contribution is 2.27. The average molecular weight is 338 g/mol. The van der Waals surface area contributed by atoms with E-state index in [1.165, 1.54) is 24.3 Å². The van der Waals surface area contributed by atoms with Crippen molar-refractivity contribution >= 4 is 34.6 Å². The standard InChI is InChI=1S/C15H13ClFN3O3/c1-19(2)14-6-4-10(20(22)23)8-11(14)15(21)18-13-5-3-9(17)7-12(13)16/h3-8H,1-2H3,(H,18,21). The van der Waals surface area contributed by atoms with Crippen molar-refractivity contribution in [2.24, 2.45) is 0 Å². The first-order chi connectivity index (χ1) is 10.8. The molecule has 0 radical (unpaired) electrons. The van der Waals surface area contributed by atoms with E-state index in [1.807, 2.05) is 0 Å². The Balaban J connectivity index is 2.40. The van der Waals surface area contributed by atoms with Gasteiger partial charge >= 0.3 is 0 Å². The molecule has 0 fully saturated rings. The normalized spacial score (nSPS) is 10.3. The number of non-ortho nitro benzene ring substituents is 1. The molecule has 0 aliphatic heterocycles. The predicted octanol–water partition coefficient (Wildman–Crippen LogP) is 3.71. The van der Waals surface area contributed by atoms with Gasteiger partial charge in [0, 0.05) is 31.9 Å². The molecule has 0 bridgehead atoms. The minimum atomic E-state index is -0.582. The molecule has 2 rings (SSSR count). The summed E-state index contributed by atoms with van der Waals surface area (Å²) in [4.78, 5) is 24.4. The smallest absolute Gasteiger partial charge is 0.270 e. The number of nitro groups is 1. The van der Waals surface area contributed by atoms with Crippen LogP contribution in [0.5, 0.6) is 0 Å². The van der Waals surface area contributed by atoms with Crippen LogP contribution in [-0.2, 0) is 0 Å². The Morgan fingerprint density at radius 1 is 1.26 bits per heavy atom. The number of benzene rings is 2. The molecule has 0 atom stereocenters. The van der Waals surface area contributed by atoms with Crippen molar-refractivity contribution in [1.82, 2.24) is 0 Å². The monoisotopic (exact) mass is 337 g/mol. The van der Waals surface area contributed by atoms with E-state index in [-0.39, 0.29) is 22.0 Å². The third-order valence-electron chi connectivity index (χ3n) is 3.10. The van der Waals surface area contributed by atoms with Crippen LogP contribution >= 0.6 is 11.6 Å². The molecule has 0 aliphatic rings. The van der Waals surface area contributed by atoms with Crippen molar-refractivity contribution in [3.8, 4) is 0 Å². The zero-order valence-corrected chi connectivity index (χ0v) is 13.1. The van der Waals surface area contributed by atoms with E-state index in [1.54, 1.807) is 19.0 Å². The number of carbonyl (C=O) groups excluding carboxylic acids is 1. The molecule has 0 saturated carbocycles. The van der Waals surface area contributed by atoms with E-state index in [0.29, 0.717) is 5.69 Å². The summed E-state index contributed by atoms with van der Waals surface area (Å²) >= 11 is 5.87. The molecule has 8 heteroatoms. The van der Waals surface area contributed by atoms with E-state index in [0.717, 1.165) is 12.1 Å². The van der Waals surface area contributed by atoms with Gasteiger partial charge in [-0.3, -0.25) is 14.9 Å². The second-order valence-electron chi connectivity index (χ2n) is 4.93. The minimum absolute atomic E-state index is 0.0372. The molecule has 2 aromatic carbocycles. The molecular weight excluding hydrogens is 325 g/mol. The van der Waals surface area contributed by atoms with Crippen molar-refractivity contribution in [3.63, 3.8) is 0 Å². The highest BCUT2D eigenvalue weighted by Gasteiger charge is 2.19. The number of amides is 1. The number of halogens is 2. The molecule has 120 valence electrons. The topological polar surface area (TPSA) is 75.5 Å². The minimum Gasteiger partial charge on any atom is -0.377 e. The fourth-order valence-electron chi connectivity index (χ4n) is 1.99. The van der Waals surface area contributed by atoms with Crippen LogP contribution < -0.4 is 10.2 Å². The van der Waals surface area contributed by atoms with Crippen LogP contribution in [0.4, 0.5) is 21.5 Å². The van der Waals surface area contributed by atoms with Gasteiger partial charge in [0.2, 0.25) is 0 Å². The highest BCUT2D eigenvalue weighted by molar-refractivity contribution is 6.34. The van der Waals surface area contributed by atoms with E-state index in [9.17, 15) is 19.3 Å². The highest BCUT2D eigenvalue weighted by atomic mass is 35.5. The van der Waals surface area contributed by atoms with Crippen LogP contribution in [0.1, 0.15) is 10.4 Å². The molecule has 23 heavy (non-hydrogen) atoms. The zero-order valence-electron chi connectivity index (χ0n) is 12.3. The van der Waals surface area contributed by atoms with Gasteiger partial charge in [0.05, 0.1) is 21.2 Å². The van der Waals surface area contributed by atoms with Crippen LogP contribution in [-0.4, -0.2) is 24.9 Å². The van der Waals surface area contributed by atoms with E-state index in [2.05, 4.69) is 5.32 Å². The molecule has 0 aromatic heterocycles. The number of nitrogens with one attached hydrogen (secondary N) is 1. The summed E-state index contributed by atoms with van der Waals surface area (Å²) in [6.45, 7) is 0. The first kappa shape index (κ1) is 16.7. The van der Waals surface area contributed by atoms with Crippen molar-refractivity contribution in [2.45, 2.75) is 0 Å². The van der Waals surface area contributed by atoms with E-state index in [4.69, 9.17) is 11.6 Å². The Kier molecular flexibility index (Phi) is 4.80. The van der Waals surface area contributed by atoms with Crippen molar-refractivity contribution in [1.29, 1.82) is 0 Å². The Morgan fingerprint density at radius 2 is 1.96 bits per heavy atom. The fraction of sp³-hybridized carbons (Fsp3) is 0.133. The van der Waals surface area contributed by atoms with Gasteiger partial charge in [-0.1, -0.05) is 11.6 Å². The lowest BCUT2D eigenvalue weighted by Crippen LogP contribution is -2.19. The van der Waals surface area contributed by atoms with Crippen molar-refractivity contribution in [3.05, 3.63) is 62.9 Å². The molecule has 6 nitrogen and oxygen atoms in total. The third-order valence-corrected chi connectivity index (χ3v) is 3.41. The summed E-state index contributed by atoms with van der Waals surface area (Å²) in [5.74, 6) is -1.11. The Morgan fingerprint density at radius 3 is 2.52 bits per heavy atom. The Bertz CT molecular complexity index is 781. The van der Waals surface area contributed by atoms with Gasteiger partial charge < -0.3 is 10.2 Å². The lowest BCUT2D eigenvalue weighted by molar-refractivity contribution is -0.384. The third kappa shape index (κ3) is 3.75. The zero-order chi connectivity index (χ0) is 17.1. The molecule has 1 N–H and O–H groups in total. The number of nitro benzene ring substituents is 1. The lowest BCUT2D eigenvalue weighted by atomic mass is 10.1. The SMILES string of the molecule is CN(C)c1ccc([N+](=O)[O-])cc1C(=O)Nc1ccc(F)cc1Cl. The number of anilines is 2. The summed E-state index contributed by atoms with van der Waals surface area (Å²) in [6, 6.07) is 7.53. The number of rotatable bonds is 4. The van der Waals surface area contributed by atoms with Crippen LogP contribution in [0, 0.1) is 15.9 Å². The van der Waals surface area contributed by atoms with Gasteiger partial charge in [0.1, 0.15) is 5.82 Å².